The second-order valence-electron chi connectivity index (χ2n) is 10.1. The van der Waals surface area contributed by atoms with Crippen LogP contribution in [0.3, 0.4) is 0 Å². The van der Waals surface area contributed by atoms with Crippen molar-refractivity contribution in [1.82, 2.24) is 0 Å². The highest BCUT2D eigenvalue weighted by atomic mass is 16.6. The largest absolute Gasteiger partial charge is 0.478 e. The molecule has 3 aliphatic heterocycles. The molecule has 3 heterocycles. The van der Waals surface area contributed by atoms with Gasteiger partial charge >= 0.3 is 11.9 Å². The number of aliphatic carboxylic acids is 1. The van der Waals surface area contributed by atoms with Gasteiger partial charge in [0.25, 0.3) is 0 Å². The SMILES string of the molecule is CO[C@@H]1[C@H](OC(=O)/C=C/C=C/C=C/C=C/C(=O)O)CC[C@]2(CO2)[C@H]1[C@@]1(C)O[C@@H]1CC1OC1(C)C. The van der Waals surface area contributed by atoms with Crippen LogP contribution in [0.15, 0.2) is 48.6 Å². The summed E-state index contributed by atoms with van der Waals surface area (Å²) < 4.78 is 29.6. The summed E-state index contributed by atoms with van der Waals surface area (Å²) in [5.41, 5.74) is -0.755. The van der Waals surface area contributed by atoms with Gasteiger partial charge < -0.3 is 28.8 Å². The van der Waals surface area contributed by atoms with Gasteiger partial charge in [0.05, 0.1) is 30.3 Å². The van der Waals surface area contributed by atoms with Crippen molar-refractivity contribution < 1.29 is 38.4 Å². The number of epoxide rings is 3. The van der Waals surface area contributed by atoms with Crippen molar-refractivity contribution in [1.29, 1.82) is 0 Å². The van der Waals surface area contributed by atoms with Crippen LogP contribution in [0.25, 0.3) is 0 Å². The van der Waals surface area contributed by atoms with Crippen LogP contribution in [0.2, 0.25) is 0 Å². The van der Waals surface area contributed by atoms with Gasteiger partial charge in [0.15, 0.2) is 0 Å². The standard InChI is InChI=1S/C26H34O8/c1-24(2)18(33-24)15-19-25(3,34-19)23-22(30-4)17(13-14-26(23)16-31-26)32-21(29)12-10-8-6-5-7-9-11-20(27)28/h5-12,17-19,22-23H,13-16H2,1-4H3,(H,27,28)/b7-5+,8-6+,11-9+,12-10+/t17-,18?,19-,22-,23-,25+,26+/m1/s1. The lowest BCUT2D eigenvalue weighted by Crippen LogP contribution is -2.55. The molecule has 34 heavy (non-hydrogen) atoms. The number of hydrogen-bond acceptors (Lipinski definition) is 7. The van der Waals surface area contributed by atoms with Crippen molar-refractivity contribution in [2.45, 2.75) is 81.3 Å². The number of carboxylic acids is 1. The summed E-state index contributed by atoms with van der Waals surface area (Å²) in [5, 5.41) is 8.52. The summed E-state index contributed by atoms with van der Waals surface area (Å²) in [6.45, 7) is 6.97. The molecule has 0 aromatic carbocycles. The third-order valence-corrected chi connectivity index (χ3v) is 7.38. The highest BCUT2D eigenvalue weighted by molar-refractivity contribution is 5.82. The summed E-state index contributed by atoms with van der Waals surface area (Å²) >= 11 is 0. The first kappa shape index (κ1) is 24.9. The van der Waals surface area contributed by atoms with E-state index in [1.54, 1.807) is 37.5 Å². The first-order valence-corrected chi connectivity index (χ1v) is 11.8. The zero-order valence-corrected chi connectivity index (χ0v) is 20.1. The van der Waals surface area contributed by atoms with Gasteiger partial charge in [0.1, 0.15) is 23.4 Å². The number of allylic oxidation sites excluding steroid dienone is 6. The highest BCUT2D eigenvalue weighted by Crippen LogP contribution is 2.60. The van der Waals surface area contributed by atoms with E-state index < -0.39 is 17.5 Å². The lowest BCUT2D eigenvalue weighted by Gasteiger charge is -2.42. The maximum Gasteiger partial charge on any atom is 0.331 e. The minimum Gasteiger partial charge on any atom is -0.478 e. The first-order chi connectivity index (χ1) is 16.1. The first-order valence-electron chi connectivity index (χ1n) is 11.8. The highest BCUT2D eigenvalue weighted by Gasteiger charge is 2.73. The molecule has 1 spiro atoms. The van der Waals surface area contributed by atoms with Crippen molar-refractivity contribution in [2.24, 2.45) is 5.92 Å². The van der Waals surface area contributed by atoms with E-state index in [-0.39, 0.29) is 41.5 Å². The van der Waals surface area contributed by atoms with Crippen LogP contribution in [-0.4, -0.2) is 72.0 Å². The number of ether oxygens (including phenoxy) is 5. The Morgan fingerprint density at radius 3 is 2.18 bits per heavy atom. The lowest BCUT2D eigenvalue weighted by molar-refractivity contribution is -0.166. The summed E-state index contributed by atoms with van der Waals surface area (Å²) in [4.78, 5) is 22.8. The number of rotatable bonds is 10. The van der Waals surface area contributed by atoms with Crippen molar-refractivity contribution in [2.75, 3.05) is 13.7 Å². The minimum atomic E-state index is -1.01. The van der Waals surface area contributed by atoms with Gasteiger partial charge in [-0.2, -0.15) is 0 Å². The second kappa shape index (κ2) is 9.41. The molecule has 0 radical (unpaired) electrons. The summed E-state index contributed by atoms with van der Waals surface area (Å²) in [6, 6.07) is 0. The fourth-order valence-electron chi connectivity index (χ4n) is 5.30. The quantitative estimate of drug-likeness (QED) is 0.223. The molecule has 7 atom stereocenters. The minimum absolute atomic E-state index is 0.0312. The molecule has 1 aliphatic carbocycles. The van der Waals surface area contributed by atoms with E-state index in [1.165, 1.54) is 12.2 Å². The number of esters is 1. The van der Waals surface area contributed by atoms with Crippen molar-refractivity contribution in [3.05, 3.63) is 48.6 Å². The number of hydrogen-bond donors (Lipinski definition) is 1. The Hall–Kier alpha value is -2.26. The fraction of sp³-hybridized carbons (Fsp3) is 0.615. The number of carbonyl (C=O) groups excluding carboxylic acids is 1. The van der Waals surface area contributed by atoms with Gasteiger partial charge in [-0.05, 0) is 33.6 Å². The molecule has 8 heteroatoms. The topological polar surface area (TPSA) is 110 Å². The Morgan fingerprint density at radius 2 is 1.62 bits per heavy atom. The zero-order chi connectivity index (χ0) is 24.6. The molecule has 3 saturated heterocycles. The van der Waals surface area contributed by atoms with E-state index in [9.17, 15) is 9.59 Å². The van der Waals surface area contributed by atoms with Gasteiger partial charge in [-0.15, -0.1) is 0 Å². The molecule has 4 fully saturated rings. The molecule has 0 bridgehead atoms. The third kappa shape index (κ3) is 5.35. The van der Waals surface area contributed by atoms with Crippen LogP contribution < -0.4 is 0 Å². The van der Waals surface area contributed by atoms with E-state index in [0.29, 0.717) is 13.0 Å². The fourth-order valence-corrected chi connectivity index (χ4v) is 5.30. The summed E-state index contributed by atoms with van der Waals surface area (Å²) in [6.07, 6.45) is 13.9. The monoisotopic (exact) mass is 474 g/mol. The van der Waals surface area contributed by atoms with Gasteiger partial charge in [-0.3, -0.25) is 0 Å². The number of methoxy groups -OCH3 is 1. The second-order valence-corrected chi connectivity index (χ2v) is 10.1. The van der Waals surface area contributed by atoms with Crippen molar-refractivity contribution in [3.63, 3.8) is 0 Å². The molecule has 0 aromatic rings. The Labute approximate surface area is 200 Å². The molecule has 0 aromatic heterocycles. The predicted molar refractivity (Wildman–Crippen MR) is 123 cm³/mol. The van der Waals surface area contributed by atoms with Crippen molar-refractivity contribution in [3.8, 4) is 0 Å². The Bertz CT molecular complexity index is 912. The Kier molecular flexibility index (Phi) is 6.88. The number of carbonyl (C=O) groups is 2. The number of carboxylic acid groups (broad SMARTS) is 1. The Morgan fingerprint density at radius 1 is 1.00 bits per heavy atom. The van der Waals surface area contributed by atoms with Crippen LogP contribution in [0.1, 0.15) is 40.0 Å². The Balaban J connectivity index is 1.34. The van der Waals surface area contributed by atoms with Crippen LogP contribution in [-0.2, 0) is 33.3 Å². The van der Waals surface area contributed by atoms with Crippen molar-refractivity contribution >= 4 is 11.9 Å². The van der Waals surface area contributed by atoms with E-state index in [0.717, 1.165) is 18.9 Å². The maximum absolute atomic E-state index is 12.4. The molecule has 4 aliphatic rings. The van der Waals surface area contributed by atoms with E-state index in [2.05, 4.69) is 20.8 Å². The summed E-state index contributed by atoms with van der Waals surface area (Å²) in [7, 11) is 1.65. The van der Waals surface area contributed by atoms with Crippen LogP contribution in [0, 0.1) is 5.92 Å². The van der Waals surface area contributed by atoms with E-state index in [4.69, 9.17) is 28.8 Å². The maximum atomic E-state index is 12.4. The zero-order valence-electron chi connectivity index (χ0n) is 20.1. The van der Waals surface area contributed by atoms with E-state index >= 15 is 0 Å². The molecule has 1 N–H and O–H groups in total. The molecule has 186 valence electrons. The van der Waals surface area contributed by atoms with Crippen LogP contribution in [0.5, 0.6) is 0 Å². The summed E-state index contributed by atoms with van der Waals surface area (Å²) in [5.74, 6) is -1.48. The smallest absolute Gasteiger partial charge is 0.331 e. The molecule has 1 saturated carbocycles. The van der Waals surface area contributed by atoms with E-state index in [1.807, 2.05) is 0 Å². The van der Waals surface area contributed by atoms with Gasteiger partial charge in [-0.1, -0.05) is 36.5 Å². The molecular weight excluding hydrogens is 440 g/mol. The van der Waals surface area contributed by atoms with Gasteiger partial charge in [0.2, 0.25) is 0 Å². The van der Waals surface area contributed by atoms with Gasteiger partial charge in [-0.25, -0.2) is 9.59 Å². The molecule has 4 rings (SSSR count). The normalized spacial score (nSPS) is 40.5. The predicted octanol–water partition coefficient (Wildman–Crippen LogP) is 3.13. The van der Waals surface area contributed by atoms with Crippen LogP contribution in [0.4, 0.5) is 0 Å². The molecule has 0 amide bonds. The third-order valence-electron chi connectivity index (χ3n) is 7.38. The van der Waals surface area contributed by atoms with Crippen LogP contribution >= 0.6 is 0 Å². The average Bonchev–Trinajstić information content (AvgIpc) is 3.72. The average molecular weight is 475 g/mol. The molecular formula is C26H34O8. The molecule has 8 nitrogen and oxygen atoms in total. The lowest BCUT2D eigenvalue weighted by atomic mass is 9.68. The molecule has 1 unspecified atom stereocenters. The van der Waals surface area contributed by atoms with Gasteiger partial charge in [0, 0.05) is 25.7 Å².